The Morgan fingerprint density at radius 3 is 2.62 bits per heavy atom. The summed E-state index contributed by atoms with van der Waals surface area (Å²) in [5.41, 5.74) is 2.38. The predicted molar refractivity (Wildman–Crippen MR) is 65.8 cm³/mol. The van der Waals surface area contributed by atoms with Gasteiger partial charge in [0, 0.05) is 4.88 Å². The first-order valence-corrected chi connectivity index (χ1v) is 5.78. The van der Waals surface area contributed by atoms with Gasteiger partial charge in [-0.15, -0.1) is 11.3 Å². The Morgan fingerprint density at radius 1 is 1.19 bits per heavy atom. The Labute approximate surface area is 98.5 Å². The molecule has 3 heteroatoms. The zero-order valence-electron chi connectivity index (χ0n) is 9.19. The SMILES string of the molecule is COC(=O)c1ccc(-c2ccccc2C)s1. The van der Waals surface area contributed by atoms with Crippen LogP contribution in [0.5, 0.6) is 0 Å². The van der Waals surface area contributed by atoms with E-state index >= 15 is 0 Å². The van der Waals surface area contributed by atoms with Gasteiger partial charge in [0.15, 0.2) is 0 Å². The van der Waals surface area contributed by atoms with Crippen LogP contribution in [-0.2, 0) is 4.74 Å². The van der Waals surface area contributed by atoms with E-state index in [4.69, 9.17) is 0 Å². The van der Waals surface area contributed by atoms with Crippen LogP contribution in [0.4, 0.5) is 0 Å². The Morgan fingerprint density at radius 2 is 1.94 bits per heavy atom. The number of benzene rings is 1. The average Bonchev–Trinajstić information content (AvgIpc) is 2.78. The van der Waals surface area contributed by atoms with Gasteiger partial charge < -0.3 is 4.74 Å². The standard InChI is InChI=1S/C13H12O2S/c1-9-5-3-4-6-10(9)11-7-8-12(16-11)13(14)15-2/h3-8H,1-2H3. The van der Waals surface area contributed by atoms with Crippen LogP contribution in [0.15, 0.2) is 36.4 Å². The second-order valence-corrected chi connectivity index (χ2v) is 4.55. The second-order valence-electron chi connectivity index (χ2n) is 3.47. The summed E-state index contributed by atoms with van der Waals surface area (Å²) in [5, 5.41) is 0. The number of carbonyl (C=O) groups is 1. The van der Waals surface area contributed by atoms with Crippen molar-refractivity contribution in [1.29, 1.82) is 0 Å². The number of aryl methyl sites for hydroxylation is 1. The highest BCUT2D eigenvalue weighted by Gasteiger charge is 2.10. The molecule has 1 aromatic heterocycles. The Hall–Kier alpha value is -1.61. The zero-order valence-corrected chi connectivity index (χ0v) is 10.0. The number of methoxy groups -OCH3 is 1. The van der Waals surface area contributed by atoms with Crippen LogP contribution in [0.25, 0.3) is 10.4 Å². The fourth-order valence-corrected chi connectivity index (χ4v) is 2.56. The van der Waals surface area contributed by atoms with Crippen molar-refractivity contribution in [2.75, 3.05) is 7.11 Å². The molecule has 0 amide bonds. The molecule has 0 N–H and O–H groups in total. The molecule has 0 atom stereocenters. The van der Waals surface area contributed by atoms with Crippen molar-refractivity contribution < 1.29 is 9.53 Å². The maximum Gasteiger partial charge on any atom is 0.348 e. The van der Waals surface area contributed by atoms with E-state index in [-0.39, 0.29) is 5.97 Å². The molecule has 0 aliphatic rings. The van der Waals surface area contributed by atoms with Crippen molar-refractivity contribution in [2.45, 2.75) is 6.92 Å². The Bertz CT molecular complexity index is 514. The van der Waals surface area contributed by atoms with Crippen LogP contribution < -0.4 is 0 Å². The summed E-state index contributed by atoms with van der Waals surface area (Å²) in [4.78, 5) is 13.1. The summed E-state index contributed by atoms with van der Waals surface area (Å²) in [5.74, 6) is -0.273. The van der Waals surface area contributed by atoms with Gasteiger partial charge in [0.05, 0.1) is 7.11 Å². The van der Waals surface area contributed by atoms with Crippen molar-refractivity contribution in [1.82, 2.24) is 0 Å². The van der Waals surface area contributed by atoms with E-state index in [0.717, 1.165) is 4.88 Å². The maximum atomic E-state index is 11.3. The van der Waals surface area contributed by atoms with Crippen molar-refractivity contribution in [3.8, 4) is 10.4 Å². The molecule has 2 nitrogen and oxygen atoms in total. The third-order valence-corrected chi connectivity index (χ3v) is 3.50. The molecular weight excluding hydrogens is 220 g/mol. The quantitative estimate of drug-likeness (QED) is 0.741. The highest BCUT2D eigenvalue weighted by atomic mass is 32.1. The fourth-order valence-electron chi connectivity index (χ4n) is 1.54. The Kier molecular flexibility index (Phi) is 3.06. The molecule has 2 rings (SSSR count). The first-order chi connectivity index (χ1) is 7.72. The number of rotatable bonds is 2. The molecule has 0 saturated heterocycles. The highest BCUT2D eigenvalue weighted by molar-refractivity contribution is 7.17. The molecule has 2 aromatic rings. The summed E-state index contributed by atoms with van der Waals surface area (Å²) in [6.45, 7) is 2.06. The molecule has 0 fully saturated rings. The van der Waals surface area contributed by atoms with Crippen LogP contribution in [-0.4, -0.2) is 13.1 Å². The second kappa shape index (κ2) is 4.49. The lowest BCUT2D eigenvalue weighted by molar-refractivity contribution is 0.0606. The lowest BCUT2D eigenvalue weighted by Crippen LogP contribution is -1.96. The van der Waals surface area contributed by atoms with Gasteiger partial charge in [-0.2, -0.15) is 0 Å². The predicted octanol–water partition coefficient (Wildman–Crippen LogP) is 3.51. The van der Waals surface area contributed by atoms with E-state index in [1.807, 2.05) is 18.2 Å². The molecule has 0 aliphatic carbocycles. The molecule has 0 unspecified atom stereocenters. The van der Waals surface area contributed by atoms with Gasteiger partial charge in [-0.05, 0) is 30.2 Å². The highest BCUT2D eigenvalue weighted by Crippen LogP contribution is 2.30. The first-order valence-electron chi connectivity index (χ1n) is 4.96. The van der Waals surface area contributed by atoms with Crippen LogP contribution in [0.2, 0.25) is 0 Å². The van der Waals surface area contributed by atoms with Gasteiger partial charge in [0.25, 0.3) is 0 Å². The topological polar surface area (TPSA) is 26.3 Å². The van der Waals surface area contributed by atoms with Gasteiger partial charge in [-0.1, -0.05) is 24.3 Å². The van der Waals surface area contributed by atoms with E-state index in [1.54, 1.807) is 6.07 Å². The molecule has 1 heterocycles. The number of carbonyl (C=O) groups excluding carboxylic acids is 1. The molecule has 1 aromatic carbocycles. The number of hydrogen-bond acceptors (Lipinski definition) is 3. The smallest absolute Gasteiger partial charge is 0.348 e. The summed E-state index contributed by atoms with van der Waals surface area (Å²) >= 11 is 1.46. The molecule has 0 spiro atoms. The van der Waals surface area contributed by atoms with E-state index in [0.29, 0.717) is 4.88 Å². The van der Waals surface area contributed by atoms with E-state index < -0.39 is 0 Å². The number of hydrogen-bond donors (Lipinski definition) is 0. The lowest BCUT2D eigenvalue weighted by Gasteiger charge is -2.01. The molecule has 0 bridgehead atoms. The number of thiophene rings is 1. The normalized spacial score (nSPS) is 10.1. The van der Waals surface area contributed by atoms with Crippen molar-refractivity contribution in [3.63, 3.8) is 0 Å². The van der Waals surface area contributed by atoms with Crippen LogP contribution in [0.1, 0.15) is 15.2 Å². The summed E-state index contributed by atoms with van der Waals surface area (Å²) < 4.78 is 4.69. The first kappa shape index (κ1) is 10.9. The Balaban J connectivity index is 2.39. The molecular formula is C13H12O2S. The lowest BCUT2D eigenvalue weighted by atomic mass is 10.1. The van der Waals surface area contributed by atoms with Gasteiger partial charge in [-0.3, -0.25) is 0 Å². The number of esters is 1. The summed E-state index contributed by atoms with van der Waals surface area (Å²) in [7, 11) is 1.40. The van der Waals surface area contributed by atoms with Crippen molar-refractivity contribution in [3.05, 3.63) is 46.8 Å². The van der Waals surface area contributed by atoms with Crippen molar-refractivity contribution in [2.24, 2.45) is 0 Å². The minimum absolute atomic E-state index is 0.273. The molecule has 16 heavy (non-hydrogen) atoms. The third-order valence-electron chi connectivity index (χ3n) is 2.40. The fraction of sp³-hybridized carbons (Fsp3) is 0.154. The van der Waals surface area contributed by atoms with Gasteiger partial charge in [-0.25, -0.2) is 4.79 Å². The molecule has 0 aliphatic heterocycles. The minimum atomic E-state index is -0.273. The van der Waals surface area contributed by atoms with Crippen LogP contribution in [0, 0.1) is 6.92 Å². The molecule has 0 radical (unpaired) electrons. The summed E-state index contributed by atoms with van der Waals surface area (Å²) in [6.07, 6.45) is 0. The maximum absolute atomic E-state index is 11.3. The third kappa shape index (κ3) is 1.99. The van der Waals surface area contributed by atoms with Crippen LogP contribution in [0.3, 0.4) is 0 Å². The van der Waals surface area contributed by atoms with E-state index in [2.05, 4.69) is 23.8 Å². The number of ether oxygens (including phenoxy) is 1. The monoisotopic (exact) mass is 232 g/mol. The zero-order chi connectivity index (χ0) is 11.5. The van der Waals surface area contributed by atoms with Gasteiger partial charge >= 0.3 is 5.97 Å². The minimum Gasteiger partial charge on any atom is -0.465 e. The van der Waals surface area contributed by atoms with Crippen LogP contribution >= 0.6 is 11.3 Å². The van der Waals surface area contributed by atoms with Gasteiger partial charge in [0.2, 0.25) is 0 Å². The summed E-state index contributed by atoms with van der Waals surface area (Å²) in [6, 6.07) is 11.9. The largest absolute Gasteiger partial charge is 0.465 e. The van der Waals surface area contributed by atoms with E-state index in [1.165, 1.54) is 29.6 Å². The molecule has 0 saturated carbocycles. The van der Waals surface area contributed by atoms with Crippen molar-refractivity contribution >= 4 is 17.3 Å². The average molecular weight is 232 g/mol. The van der Waals surface area contributed by atoms with Gasteiger partial charge in [0.1, 0.15) is 4.88 Å². The van der Waals surface area contributed by atoms with E-state index in [9.17, 15) is 4.79 Å². The molecule has 82 valence electrons.